The summed E-state index contributed by atoms with van der Waals surface area (Å²) < 4.78 is 1.87. The molecule has 0 saturated carbocycles. The number of anilines is 1. The Bertz CT molecular complexity index is 791. The first kappa shape index (κ1) is 17.7. The molecule has 3 aromatic rings. The van der Waals surface area contributed by atoms with Gasteiger partial charge in [-0.2, -0.15) is 0 Å². The average Bonchev–Trinajstić information content (AvgIpc) is 3.17. The van der Waals surface area contributed by atoms with Gasteiger partial charge in [-0.1, -0.05) is 35.5 Å². The van der Waals surface area contributed by atoms with Crippen LogP contribution < -0.4 is 10.6 Å². The van der Waals surface area contributed by atoms with Crippen LogP contribution in [0.1, 0.15) is 5.56 Å². The minimum atomic E-state index is 0.725. The molecule has 2 N–H and O–H groups in total. The maximum atomic E-state index is 5.89. The lowest BCUT2D eigenvalue weighted by atomic mass is 10.2. The van der Waals surface area contributed by atoms with Gasteiger partial charge in [-0.15, -0.1) is 0 Å². The lowest BCUT2D eigenvalue weighted by Crippen LogP contribution is -2.22. The molecule has 0 aliphatic carbocycles. The van der Waals surface area contributed by atoms with Crippen molar-refractivity contribution in [3.05, 3.63) is 59.6 Å². The molecule has 0 unspecified atom stereocenters. The SMILES string of the molecule is CSc1nc(NCCNCc2ccc(Cl)cc2)cc(-n2ccnc2)n1. The maximum absolute atomic E-state index is 5.89. The molecule has 0 fully saturated rings. The van der Waals surface area contributed by atoms with Crippen LogP contribution in [0, 0.1) is 0 Å². The predicted octanol–water partition coefficient (Wildman–Crippen LogP) is 3.24. The maximum Gasteiger partial charge on any atom is 0.191 e. The molecule has 0 spiro atoms. The van der Waals surface area contributed by atoms with Gasteiger partial charge < -0.3 is 10.6 Å². The predicted molar refractivity (Wildman–Crippen MR) is 103 cm³/mol. The van der Waals surface area contributed by atoms with Crippen molar-refractivity contribution in [2.45, 2.75) is 11.7 Å². The smallest absolute Gasteiger partial charge is 0.191 e. The molecule has 0 saturated heterocycles. The van der Waals surface area contributed by atoms with Crippen LogP contribution in [0.2, 0.25) is 5.02 Å². The summed E-state index contributed by atoms with van der Waals surface area (Å²) in [6.45, 7) is 2.39. The van der Waals surface area contributed by atoms with Gasteiger partial charge in [-0.05, 0) is 24.0 Å². The van der Waals surface area contributed by atoms with E-state index in [0.717, 1.165) is 41.4 Å². The Kier molecular flexibility index (Phi) is 6.27. The van der Waals surface area contributed by atoms with Crippen molar-refractivity contribution in [3.63, 3.8) is 0 Å². The Morgan fingerprint density at radius 2 is 2.00 bits per heavy atom. The highest BCUT2D eigenvalue weighted by Gasteiger charge is 2.05. The number of rotatable bonds is 8. The molecule has 130 valence electrons. The first-order valence-corrected chi connectivity index (χ1v) is 9.45. The molecule has 25 heavy (non-hydrogen) atoms. The van der Waals surface area contributed by atoms with E-state index in [0.29, 0.717) is 0 Å². The molecule has 0 amide bonds. The average molecular weight is 375 g/mol. The van der Waals surface area contributed by atoms with Crippen LogP contribution in [-0.2, 0) is 6.54 Å². The van der Waals surface area contributed by atoms with Gasteiger partial charge in [0.1, 0.15) is 18.0 Å². The number of thioether (sulfide) groups is 1. The number of halogens is 1. The third kappa shape index (κ3) is 5.19. The molecular formula is C17H19ClN6S. The van der Waals surface area contributed by atoms with Crippen molar-refractivity contribution >= 4 is 29.2 Å². The molecule has 1 aromatic carbocycles. The number of hydrogen-bond acceptors (Lipinski definition) is 6. The standard InChI is InChI=1S/C17H19ClN6S/c1-25-17-22-15(10-16(23-17)24-9-8-20-12-24)21-7-6-19-11-13-2-4-14(18)5-3-13/h2-5,8-10,12,19H,6-7,11H2,1H3,(H,21,22,23). The lowest BCUT2D eigenvalue weighted by Gasteiger charge is -2.10. The van der Waals surface area contributed by atoms with Crippen LogP contribution >= 0.6 is 23.4 Å². The van der Waals surface area contributed by atoms with E-state index in [4.69, 9.17) is 11.6 Å². The van der Waals surface area contributed by atoms with Crippen molar-refractivity contribution in [3.8, 4) is 5.82 Å². The summed E-state index contributed by atoms with van der Waals surface area (Å²) in [7, 11) is 0. The van der Waals surface area contributed by atoms with Gasteiger partial charge in [0.05, 0.1) is 0 Å². The van der Waals surface area contributed by atoms with Gasteiger partial charge in [0, 0.05) is 43.1 Å². The highest BCUT2D eigenvalue weighted by molar-refractivity contribution is 7.98. The van der Waals surface area contributed by atoms with E-state index in [1.165, 1.54) is 17.3 Å². The zero-order valence-electron chi connectivity index (χ0n) is 13.8. The van der Waals surface area contributed by atoms with E-state index in [2.05, 4.69) is 25.6 Å². The summed E-state index contributed by atoms with van der Waals surface area (Å²) in [5, 5.41) is 8.21. The molecule has 8 heteroatoms. The van der Waals surface area contributed by atoms with Crippen molar-refractivity contribution in [2.24, 2.45) is 0 Å². The summed E-state index contributed by atoms with van der Waals surface area (Å²) in [5.74, 6) is 1.60. The Labute approximate surface area is 156 Å². The fraction of sp³-hybridized carbons (Fsp3) is 0.235. The van der Waals surface area contributed by atoms with Gasteiger partial charge in [0.15, 0.2) is 5.16 Å². The summed E-state index contributed by atoms with van der Waals surface area (Å²) in [5.41, 5.74) is 1.21. The normalized spacial score (nSPS) is 10.8. The summed E-state index contributed by atoms with van der Waals surface area (Å²) in [6.07, 6.45) is 7.28. The molecule has 0 radical (unpaired) electrons. The number of nitrogens with one attached hydrogen (secondary N) is 2. The summed E-state index contributed by atoms with van der Waals surface area (Å²) in [6, 6.07) is 9.77. The molecule has 0 atom stereocenters. The third-order valence-corrected chi connectivity index (χ3v) is 4.29. The second kappa shape index (κ2) is 8.84. The van der Waals surface area contributed by atoms with Gasteiger partial charge in [0.25, 0.3) is 0 Å². The number of imidazole rings is 1. The third-order valence-electron chi connectivity index (χ3n) is 3.49. The van der Waals surface area contributed by atoms with E-state index in [1.54, 1.807) is 12.5 Å². The highest BCUT2D eigenvalue weighted by Crippen LogP contribution is 2.16. The molecule has 3 rings (SSSR count). The second-order valence-corrected chi connectivity index (χ2v) is 6.51. The largest absolute Gasteiger partial charge is 0.369 e. The fourth-order valence-electron chi connectivity index (χ4n) is 2.24. The fourth-order valence-corrected chi connectivity index (χ4v) is 2.74. The second-order valence-electron chi connectivity index (χ2n) is 5.30. The zero-order chi connectivity index (χ0) is 17.5. The van der Waals surface area contributed by atoms with Crippen LogP contribution in [0.4, 0.5) is 5.82 Å². The van der Waals surface area contributed by atoms with Crippen molar-refractivity contribution in [2.75, 3.05) is 24.7 Å². The quantitative estimate of drug-likeness (QED) is 0.358. The monoisotopic (exact) mass is 374 g/mol. The van der Waals surface area contributed by atoms with E-state index < -0.39 is 0 Å². The first-order chi connectivity index (χ1) is 12.2. The summed E-state index contributed by atoms with van der Waals surface area (Å²) in [4.78, 5) is 13.0. The first-order valence-electron chi connectivity index (χ1n) is 7.85. The minimum absolute atomic E-state index is 0.725. The highest BCUT2D eigenvalue weighted by atomic mass is 35.5. The molecule has 0 aliphatic rings. The minimum Gasteiger partial charge on any atom is -0.369 e. The number of benzene rings is 1. The zero-order valence-corrected chi connectivity index (χ0v) is 15.4. The Hall–Kier alpha value is -2.09. The van der Waals surface area contributed by atoms with E-state index >= 15 is 0 Å². The Morgan fingerprint density at radius 3 is 2.72 bits per heavy atom. The van der Waals surface area contributed by atoms with Crippen LogP contribution in [0.25, 0.3) is 5.82 Å². The van der Waals surface area contributed by atoms with Crippen LogP contribution in [0.3, 0.4) is 0 Å². The van der Waals surface area contributed by atoms with Crippen molar-refractivity contribution < 1.29 is 0 Å². The van der Waals surface area contributed by atoms with Crippen LogP contribution in [-0.4, -0.2) is 38.9 Å². The van der Waals surface area contributed by atoms with Gasteiger partial charge in [0.2, 0.25) is 0 Å². The van der Waals surface area contributed by atoms with E-state index in [1.807, 2.05) is 47.4 Å². The van der Waals surface area contributed by atoms with E-state index in [-0.39, 0.29) is 0 Å². The van der Waals surface area contributed by atoms with Gasteiger partial charge in [-0.3, -0.25) is 4.57 Å². The van der Waals surface area contributed by atoms with Crippen LogP contribution in [0.15, 0.2) is 54.2 Å². The lowest BCUT2D eigenvalue weighted by molar-refractivity contribution is 0.705. The van der Waals surface area contributed by atoms with E-state index in [9.17, 15) is 0 Å². The van der Waals surface area contributed by atoms with Crippen molar-refractivity contribution in [1.29, 1.82) is 0 Å². The Balaban J connectivity index is 1.52. The molecule has 0 bridgehead atoms. The Morgan fingerprint density at radius 1 is 1.16 bits per heavy atom. The molecular weight excluding hydrogens is 356 g/mol. The number of nitrogens with zero attached hydrogens (tertiary/aromatic N) is 4. The van der Waals surface area contributed by atoms with Gasteiger partial charge >= 0.3 is 0 Å². The number of aromatic nitrogens is 4. The summed E-state index contributed by atoms with van der Waals surface area (Å²) >= 11 is 7.40. The molecule has 0 aliphatic heterocycles. The topological polar surface area (TPSA) is 67.7 Å². The molecule has 2 aromatic heterocycles. The molecule has 2 heterocycles. The molecule has 6 nitrogen and oxygen atoms in total. The van der Waals surface area contributed by atoms with Crippen LogP contribution in [0.5, 0.6) is 0 Å². The number of hydrogen-bond donors (Lipinski definition) is 2. The van der Waals surface area contributed by atoms with Crippen molar-refractivity contribution in [1.82, 2.24) is 24.8 Å². The van der Waals surface area contributed by atoms with Gasteiger partial charge in [-0.25, -0.2) is 15.0 Å².